The zero-order chi connectivity index (χ0) is 16.2. The third-order valence-corrected chi connectivity index (χ3v) is 4.02. The van der Waals surface area contributed by atoms with Crippen LogP contribution in [0.3, 0.4) is 0 Å². The van der Waals surface area contributed by atoms with Gasteiger partial charge < -0.3 is 5.32 Å². The topological polar surface area (TPSA) is 32.3 Å². The molecule has 1 heterocycles. The maximum atomic E-state index is 13.6. The van der Waals surface area contributed by atoms with E-state index in [4.69, 9.17) is 0 Å². The number of anilines is 1. The molecule has 120 valence electrons. The van der Waals surface area contributed by atoms with Crippen molar-refractivity contribution < 1.29 is 13.6 Å². The molecule has 0 spiro atoms. The van der Waals surface area contributed by atoms with Crippen molar-refractivity contribution in [1.29, 1.82) is 0 Å². The van der Waals surface area contributed by atoms with Gasteiger partial charge in [-0.3, -0.25) is 9.69 Å². The number of halogens is 2. The van der Waals surface area contributed by atoms with Crippen molar-refractivity contribution in [2.45, 2.75) is 19.4 Å². The number of nitrogens with one attached hydrogen (secondary N) is 1. The van der Waals surface area contributed by atoms with Crippen molar-refractivity contribution >= 4 is 11.6 Å². The number of carbonyl (C=O) groups is 1. The van der Waals surface area contributed by atoms with E-state index in [1.807, 2.05) is 12.1 Å². The summed E-state index contributed by atoms with van der Waals surface area (Å²) in [5.41, 5.74) is 1.08. The predicted molar refractivity (Wildman–Crippen MR) is 85.3 cm³/mol. The first kappa shape index (κ1) is 15.6. The van der Waals surface area contributed by atoms with E-state index in [1.54, 1.807) is 12.1 Å². The molecular formula is C18H18F2N2O. The van der Waals surface area contributed by atoms with Crippen molar-refractivity contribution in [2.75, 3.05) is 18.4 Å². The summed E-state index contributed by atoms with van der Waals surface area (Å²) in [7, 11) is 0. The van der Waals surface area contributed by atoms with Crippen molar-refractivity contribution in [1.82, 2.24) is 4.90 Å². The highest BCUT2D eigenvalue weighted by atomic mass is 19.1. The number of likely N-dealkylation sites (tertiary alicyclic amines) is 1. The summed E-state index contributed by atoms with van der Waals surface area (Å²) < 4.78 is 27.1. The lowest BCUT2D eigenvalue weighted by Crippen LogP contribution is -2.18. The zero-order valence-electron chi connectivity index (χ0n) is 12.7. The van der Waals surface area contributed by atoms with Crippen molar-refractivity contribution in [3.05, 3.63) is 65.2 Å². The van der Waals surface area contributed by atoms with Gasteiger partial charge in [0, 0.05) is 12.1 Å². The molecule has 5 heteroatoms. The van der Waals surface area contributed by atoms with Crippen LogP contribution in [-0.2, 0) is 6.54 Å². The lowest BCUT2D eigenvalue weighted by atomic mass is 10.1. The van der Waals surface area contributed by atoms with Gasteiger partial charge in [0.05, 0.1) is 0 Å². The first-order valence-electron chi connectivity index (χ1n) is 7.70. The minimum absolute atomic E-state index is 0.373. The first-order valence-corrected chi connectivity index (χ1v) is 7.70. The quantitative estimate of drug-likeness (QED) is 0.930. The molecule has 23 heavy (non-hydrogen) atoms. The van der Waals surface area contributed by atoms with Gasteiger partial charge in [-0.2, -0.15) is 0 Å². The maximum Gasteiger partial charge on any atom is 0.255 e. The highest BCUT2D eigenvalue weighted by Crippen LogP contribution is 2.19. The minimum Gasteiger partial charge on any atom is -0.317 e. The fourth-order valence-electron chi connectivity index (χ4n) is 2.76. The van der Waals surface area contributed by atoms with E-state index in [0.29, 0.717) is 5.56 Å². The van der Waals surface area contributed by atoms with Crippen LogP contribution < -0.4 is 5.32 Å². The molecule has 1 amide bonds. The van der Waals surface area contributed by atoms with E-state index in [1.165, 1.54) is 18.9 Å². The highest BCUT2D eigenvalue weighted by molar-refractivity contribution is 6.04. The average molecular weight is 316 g/mol. The molecule has 1 aliphatic rings. The summed E-state index contributed by atoms with van der Waals surface area (Å²) in [4.78, 5) is 14.5. The number of nitrogens with zero attached hydrogens (tertiary/aromatic N) is 1. The number of para-hydroxylation sites is 1. The summed E-state index contributed by atoms with van der Waals surface area (Å²) in [6.45, 7) is 3.08. The van der Waals surface area contributed by atoms with Crippen LogP contribution in [0.5, 0.6) is 0 Å². The van der Waals surface area contributed by atoms with Crippen LogP contribution >= 0.6 is 0 Å². The Balaban J connectivity index is 1.67. The van der Waals surface area contributed by atoms with Gasteiger partial charge in [0.1, 0.15) is 17.3 Å². The van der Waals surface area contributed by atoms with Gasteiger partial charge in [-0.05, 0) is 55.8 Å². The molecule has 0 atom stereocenters. The normalized spacial score (nSPS) is 14.9. The minimum atomic E-state index is -0.788. The van der Waals surface area contributed by atoms with E-state index in [2.05, 4.69) is 10.2 Å². The van der Waals surface area contributed by atoms with Gasteiger partial charge >= 0.3 is 0 Å². The monoisotopic (exact) mass is 316 g/mol. The Morgan fingerprint density at radius 3 is 2.22 bits per heavy atom. The van der Waals surface area contributed by atoms with Crippen LogP contribution in [0.4, 0.5) is 14.5 Å². The molecule has 2 aromatic rings. The molecule has 0 saturated carbocycles. The molecule has 0 bridgehead atoms. The Kier molecular flexibility index (Phi) is 4.67. The van der Waals surface area contributed by atoms with Crippen molar-refractivity contribution in [2.24, 2.45) is 0 Å². The summed E-state index contributed by atoms with van der Waals surface area (Å²) in [5, 5.41) is 2.29. The average Bonchev–Trinajstić information content (AvgIpc) is 3.04. The first-order chi connectivity index (χ1) is 11.1. The fourth-order valence-corrected chi connectivity index (χ4v) is 2.76. The van der Waals surface area contributed by atoms with Gasteiger partial charge in [0.25, 0.3) is 5.91 Å². The Labute approximate surface area is 133 Å². The van der Waals surface area contributed by atoms with Crippen LogP contribution in [0.1, 0.15) is 28.8 Å². The third-order valence-electron chi connectivity index (χ3n) is 4.02. The summed E-state index contributed by atoms with van der Waals surface area (Å²) in [5.74, 6) is -2.10. The van der Waals surface area contributed by atoms with Crippen molar-refractivity contribution in [3.8, 4) is 0 Å². The number of hydrogen-bond acceptors (Lipinski definition) is 2. The SMILES string of the molecule is O=C(Nc1c(F)cccc1F)c1ccc(CN2CCCC2)cc1. The Morgan fingerprint density at radius 2 is 1.61 bits per heavy atom. The highest BCUT2D eigenvalue weighted by Gasteiger charge is 2.14. The van der Waals surface area contributed by atoms with E-state index in [-0.39, 0.29) is 0 Å². The van der Waals surface area contributed by atoms with Crippen LogP contribution in [-0.4, -0.2) is 23.9 Å². The fraction of sp³-hybridized carbons (Fsp3) is 0.278. The van der Waals surface area contributed by atoms with E-state index in [9.17, 15) is 13.6 Å². The van der Waals surface area contributed by atoms with Gasteiger partial charge in [-0.25, -0.2) is 8.78 Å². The molecule has 0 unspecified atom stereocenters. The number of benzene rings is 2. The molecule has 0 radical (unpaired) electrons. The van der Waals surface area contributed by atoms with Crippen LogP contribution in [0.25, 0.3) is 0 Å². The van der Waals surface area contributed by atoms with Gasteiger partial charge in [0.15, 0.2) is 0 Å². The van der Waals surface area contributed by atoms with Gasteiger partial charge in [-0.15, -0.1) is 0 Å². The molecule has 1 aliphatic heterocycles. The van der Waals surface area contributed by atoms with Crippen molar-refractivity contribution in [3.63, 3.8) is 0 Å². The zero-order valence-corrected chi connectivity index (χ0v) is 12.7. The Hall–Kier alpha value is -2.27. The predicted octanol–water partition coefficient (Wildman–Crippen LogP) is 3.81. The lowest BCUT2D eigenvalue weighted by molar-refractivity contribution is 0.102. The molecule has 1 saturated heterocycles. The van der Waals surface area contributed by atoms with Gasteiger partial charge in [0.2, 0.25) is 0 Å². The second-order valence-electron chi connectivity index (χ2n) is 5.73. The number of carbonyl (C=O) groups excluding carboxylic acids is 1. The number of amides is 1. The maximum absolute atomic E-state index is 13.6. The Morgan fingerprint density at radius 1 is 1.00 bits per heavy atom. The molecule has 0 aliphatic carbocycles. The number of hydrogen-bond donors (Lipinski definition) is 1. The van der Waals surface area contributed by atoms with Crippen LogP contribution in [0.15, 0.2) is 42.5 Å². The van der Waals surface area contributed by atoms with Crippen LogP contribution in [0, 0.1) is 11.6 Å². The van der Waals surface area contributed by atoms with Gasteiger partial charge in [-0.1, -0.05) is 18.2 Å². The largest absolute Gasteiger partial charge is 0.317 e. The molecule has 0 aromatic heterocycles. The molecule has 1 N–H and O–H groups in total. The van der Waals surface area contributed by atoms with E-state index in [0.717, 1.165) is 37.3 Å². The smallest absolute Gasteiger partial charge is 0.255 e. The molecular weight excluding hydrogens is 298 g/mol. The molecule has 1 fully saturated rings. The van der Waals surface area contributed by atoms with Crippen LogP contribution in [0.2, 0.25) is 0 Å². The lowest BCUT2D eigenvalue weighted by Gasteiger charge is -2.14. The van der Waals surface area contributed by atoms with E-state index >= 15 is 0 Å². The second-order valence-corrected chi connectivity index (χ2v) is 5.73. The summed E-state index contributed by atoms with van der Waals surface area (Å²) in [6.07, 6.45) is 2.46. The third kappa shape index (κ3) is 3.74. The Bertz CT molecular complexity index is 674. The molecule has 3 rings (SSSR count). The number of rotatable bonds is 4. The van der Waals surface area contributed by atoms with E-state index < -0.39 is 23.2 Å². The standard InChI is InChI=1S/C18H18F2N2O/c19-15-4-3-5-16(20)17(15)21-18(23)14-8-6-13(7-9-14)12-22-10-1-2-11-22/h3-9H,1-2,10-12H2,(H,21,23). The second kappa shape index (κ2) is 6.87. The summed E-state index contributed by atoms with van der Waals surface area (Å²) >= 11 is 0. The molecule has 3 nitrogen and oxygen atoms in total. The summed E-state index contributed by atoms with van der Waals surface area (Å²) in [6, 6.07) is 10.6. The molecule has 2 aromatic carbocycles.